The van der Waals surface area contributed by atoms with E-state index in [9.17, 15) is 13.2 Å². The first-order valence-electron chi connectivity index (χ1n) is 4.77. The fourth-order valence-electron chi connectivity index (χ4n) is 1.58. The van der Waals surface area contributed by atoms with E-state index in [0.717, 1.165) is 0 Å². The Hall–Kier alpha value is -1.30. The fraction of sp³-hybridized carbons (Fsp3) is 0.182. The molecule has 1 aromatic carbocycles. The van der Waals surface area contributed by atoms with Crippen LogP contribution in [-0.4, -0.2) is 9.78 Å². The van der Waals surface area contributed by atoms with Crippen molar-refractivity contribution in [3.8, 4) is 11.3 Å². The van der Waals surface area contributed by atoms with Crippen LogP contribution in [0.15, 0.2) is 28.7 Å². The monoisotopic (exact) mass is 304 g/mol. The number of aromatic nitrogens is 2. The summed E-state index contributed by atoms with van der Waals surface area (Å²) in [4.78, 5) is 0. The summed E-state index contributed by atoms with van der Waals surface area (Å²) in [6.45, 7) is 0. The highest BCUT2D eigenvalue weighted by Gasteiger charge is 2.21. The summed E-state index contributed by atoms with van der Waals surface area (Å²) in [5, 5.41) is 3.73. The second-order valence-electron chi connectivity index (χ2n) is 3.48. The van der Waals surface area contributed by atoms with Crippen molar-refractivity contribution in [3.63, 3.8) is 0 Å². The van der Waals surface area contributed by atoms with Crippen LogP contribution in [-0.2, 0) is 7.05 Å². The van der Waals surface area contributed by atoms with E-state index in [4.69, 9.17) is 0 Å². The Morgan fingerprint density at radius 2 is 1.82 bits per heavy atom. The molecule has 6 heteroatoms. The van der Waals surface area contributed by atoms with Crippen molar-refractivity contribution in [2.75, 3.05) is 0 Å². The summed E-state index contributed by atoms with van der Waals surface area (Å²) in [6.07, 6.45) is -2.65. The highest BCUT2D eigenvalue weighted by molar-refractivity contribution is 9.10. The lowest BCUT2D eigenvalue weighted by atomic mass is 10.1. The Morgan fingerprint density at radius 3 is 2.29 bits per heavy atom. The van der Waals surface area contributed by atoms with E-state index < -0.39 is 6.43 Å². The van der Waals surface area contributed by atoms with Crippen LogP contribution in [0.1, 0.15) is 12.1 Å². The number of nitrogens with zero attached hydrogens (tertiary/aromatic N) is 2. The minimum absolute atomic E-state index is 0.238. The fourth-order valence-corrected chi connectivity index (χ4v) is 2.32. The van der Waals surface area contributed by atoms with E-state index in [1.54, 1.807) is 7.05 Å². The third kappa shape index (κ3) is 2.22. The zero-order chi connectivity index (χ0) is 12.6. The minimum atomic E-state index is -2.65. The molecule has 0 fully saturated rings. The summed E-state index contributed by atoms with van der Waals surface area (Å²) >= 11 is 3.10. The maximum atomic E-state index is 12.8. The molecule has 0 unspecified atom stereocenters. The third-order valence-corrected chi connectivity index (χ3v) is 3.12. The summed E-state index contributed by atoms with van der Waals surface area (Å²) in [5.74, 6) is -0.374. The number of hydrogen-bond acceptors (Lipinski definition) is 1. The van der Waals surface area contributed by atoms with Gasteiger partial charge in [-0.15, -0.1) is 0 Å². The van der Waals surface area contributed by atoms with E-state index in [-0.39, 0.29) is 16.0 Å². The van der Waals surface area contributed by atoms with Crippen LogP contribution in [0.4, 0.5) is 13.2 Å². The molecular weight excluding hydrogens is 297 g/mol. The smallest absolute Gasteiger partial charge is 0.266 e. The summed E-state index contributed by atoms with van der Waals surface area (Å²) in [5.41, 5.74) is 0.812. The van der Waals surface area contributed by atoms with Crippen molar-refractivity contribution in [2.45, 2.75) is 6.43 Å². The van der Waals surface area contributed by atoms with E-state index in [2.05, 4.69) is 21.0 Å². The van der Waals surface area contributed by atoms with E-state index >= 15 is 0 Å². The van der Waals surface area contributed by atoms with Gasteiger partial charge in [0.25, 0.3) is 6.43 Å². The van der Waals surface area contributed by atoms with Crippen LogP contribution in [0.5, 0.6) is 0 Å². The standard InChI is InChI=1S/C11H8BrF3N2/c1-17-10(6-2-4-7(13)5-3-6)8(12)9(16-17)11(14)15/h2-5,11H,1H3. The average Bonchev–Trinajstić information content (AvgIpc) is 2.56. The molecule has 17 heavy (non-hydrogen) atoms. The largest absolute Gasteiger partial charge is 0.283 e. The first kappa shape index (κ1) is 12.2. The van der Waals surface area contributed by atoms with Gasteiger partial charge >= 0.3 is 0 Å². The Kier molecular flexibility index (Phi) is 3.24. The Bertz CT molecular complexity index is 534. The summed E-state index contributed by atoms with van der Waals surface area (Å²) in [6, 6.07) is 5.59. The van der Waals surface area contributed by atoms with Crippen LogP contribution in [0, 0.1) is 5.82 Å². The molecule has 2 rings (SSSR count). The second-order valence-corrected chi connectivity index (χ2v) is 4.27. The highest BCUT2D eigenvalue weighted by Crippen LogP contribution is 2.35. The van der Waals surface area contributed by atoms with Gasteiger partial charge in [-0.2, -0.15) is 5.10 Å². The summed E-state index contributed by atoms with van der Waals surface area (Å²) < 4.78 is 39.6. The second kappa shape index (κ2) is 4.52. The van der Waals surface area contributed by atoms with Gasteiger partial charge in [-0.1, -0.05) is 0 Å². The number of rotatable bonds is 2. The first-order valence-corrected chi connectivity index (χ1v) is 5.56. The lowest BCUT2D eigenvalue weighted by molar-refractivity contribution is 0.144. The molecule has 2 aromatic rings. The number of alkyl halides is 2. The van der Waals surface area contributed by atoms with Crippen molar-refractivity contribution >= 4 is 15.9 Å². The summed E-state index contributed by atoms with van der Waals surface area (Å²) in [7, 11) is 1.56. The Labute approximate surface area is 104 Å². The van der Waals surface area contributed by atoms with Gasteiger partial charge < -0.3 is 0 Å². The molecule has 0 aliphatic rings. The van der Waals surface area contributed by atoms with Crippen molar-refractivity contribution in [1.82, 2.24) is 9.78 Å². The van der Waals surface area contributed by atoms with Crippen molar-refractivity contribution in [3.05, 3.63) is 40.2 Å². The molecule has 0 N–H and O–H groups in total. The molecule has 0 bridgehead atoms. The van der Waals surface area contributed by atoms with Crippen LogP contribution in [0.25, 0.3) is 11.3 Å². The van der Waals surface area contributed by atoms with E-state index in [0.29, 0.717) is 11.3 Å². The first-order chi connectivity index (χ1) is 8.00. The molecule has 90 valence electrons. The SMILES string of the molecule is Cn1nc(C(F)F)c(Br)c1-c1ccc(F)cc1. The Morgan fingerprint density at radius 1 is 1.24 bits per heavy atom. The molecule has 0 aliphatic heterocycles. The van der Waals surface area contributed by atoms with Gasteiger partial charge in [-0.3, -0.25) is 4.68 Å². The van der Waals surface area contributed by atoms with Crippen LogP contribution < -0.4 is 0 Å². The van der Waals surface area contributed by atoms with Gasteiger partial charge in [0.1, 0.15) is 11.5 Å². The van der Waals surface area contributed by atoms with Gasteiger partial charge in [0, 0.05) is 12.6 Å². The zero-order valence-electron chi connectivity index (χ0n) is 8.79. The molecule has 0 aliphatic carbocycles. The molecule has 2 nitrogen and oxygen atoms in total. The van der Waals surface area contributed by atoms with E-state index in [1.165, 1.54) is 28.9 Å². The van der Waals surface area contributed by atoms with Gasteiger partial charge in [-0.05, 0) is 40.2 Å². The highest BCUT2D eigenvalue weighted by atomic mass is 79.9. The molecule has 1 heterocycles. The Balaban J connectivity index is 2.56. The van der Waals surface area contributed by atoms with Crippen molar-refractivity contribution in [2.24, 2.45) is 7.05 Å². The lowest BCUT2D eigenvalue weighted by Gasteiger charge is -2.02. The zero-order valence-corrected chi connectivity index (χ0v) is 10.4. The maximum absolute atomic E-state index is 12.8. The molecule has 0 spiro atoms. The maximum Gasteiger partial charge on any atom is 0.283 e. The molecule has 0 saturated carbocycles. The number of aryl methyl sites for hydroxylation is 1. The average molecular weight is 305 g/mol. The third-order valence-electron chi connectivity index (χ3n) is 2.34. The molecular formula is C11H8BrF3N2. The quantitative estimate of drug-likeness (QED) is 0.822. The lowest BCUT2D eigenvalue weighted by Crippen LogP contribution is -1.94. The number of benzene rings is 1. The molecule has 0 saturated heterocycles. The van der Waals surface area contributed by atoms with Crippen LogP contribution in [0.3, 0.4) is 0 Å². The topological polar surface area (TPSA) is 17.8 Å². The van der Waals surface area contributed by atoms with Crippen LogP contribution in [0.2, 0.25) is 0 Å². The normalized spacial score (nSPS) is 11.2. The van der Waals surface area contributed by atoms with E-state index in [1.807, 2.05) is 0 Å². The van der Waals surface area contributed by atoms with Gasteiger partial charge in [0.15, 0.2) is 0 Å². The minimum Gasteiger partial charge on any atom is -0.266 e. The van der Waals surface area contributed by atoms with Gasteiger partial charge in [-0.25, -0.2) is 13.2 Å². The molecule has 1 aromatic heterocycles. The molecule has 0 amide bonds. The molecule has 0 radical (unpaired) electrons. The predicted molar refractivity (Wildman–Crippen MR) is 61.3 cm³/mol. The van der Waals surface area contributed by atoms with Gasteiger partial charge in [0.05, 0.1) is 10.2 Å². The van der Waals surface area contributed by atoms with Crippen LogP contribution >= 0.6 is 15.9 Å². The van der Waals surface area contributed by atoms with Crippen molar-refractivity contribution in [1.29, 1.82) is 0 Å². The number of halogens is 4. The van der Waals surface area contributed by atoms with Crippen molar-refractivity contribution < 1.29 is 13.2 Å². The predicted octanol–water partition coefficient (Wildman–Crippen LogP) is 3.93. The number of hydrogen-bond donors (Lipinski definition) is 0. The van der Waals surface area contributed by atoms with Gasteiger partial charge in [0.2, 0.25) is 0 Å². The molecule has 0 atom stereocenters.